The lowest BCUT2D eigenvalue weighted by atomic mass is 10.0. The highest BCUT2D eigenvalue weighted by molar-refractivity contribution is 5.07. The normalized spacial score (nSPS) is 35.4. The van der Waals surface area contributed by atoms with Gasteiger partial charge >= 0.3 is 0 Å². The van der Waals surface area contributed by atoms with Crippen molar-refractivity contribution >= 4 is 0 Å². The van der Waals surface area contributed by atoms with E-state index in [0.717, 1.165) is 17.5 Å². The molecule has 76 valence electrons. The molecule has 1 aromatic heterocycles. The highest BCUT2D eigenvalue weighted by Gasteiger charge is 2.51. The van der Waals surface area contributed by atoms with Gasteiger partial charge in [-0.1, -0.05) is 12.8 Å². The van der Waals surface area contributed by atoms with Crippen molar-refractivity contribution in [3.8, 4) is 0 Å². The van der Waals surface area contributed by atoms with E-state index >= 15 is 0 Å². The van der Waals surface area contributed by atoms with Crippen LogP contribution in [0.2, 0.25) is 0 Å². The minimum absolute atomic E-state index is 0.0645. The number of hydrogen-bond donors (Lipinski definition) is 1. The maximum atomic E-state index is 8.94. The van der Waals surface area contributed by atoms with Crippen molar-refractivity contribution in [1.29, 1.82) is 0 Å². The van der Waals surface area contributed by atoms with E-state index in [2.05, 4.69) is 9.55 Å². The Morgan fingerprint density at radius 2 is 2.07 bits per heavy atom. The fraction of sp³-hybridized carbons (Fsp3) is 0.727. The number of fused-ring (bicyclic) bond motifs is 1. The minimum Gasteiger partial charge on any atom is -0.390 e. The molecule has 1 N–H and O–H groups in total. The number of aromatic nitrogens is 2. The number of hydrogen-bond acceptors (Lipinski definition) is 2. The van der Waals surface area contributed by atoms with E-state index in [1.54, 1.807) is 0 Å². The molecule has 0 bridgehead atoms. The molecule has 2 aliphatic rings. The van der Waals surface area contributed by atoms with Gasteiger partial charge in [0.05, 0.1) is 18.6 Å². The molecule has 2 atom stereocenters. The molecule has 0 aromatic carbocycles. The van der Waals surface area contributed by atoms with Gasteiger partial charge in [0.25, 0.3) is 0 Å². The van der Waals surface area contributed by atoms with Crippen molar-refractivity contribution in [2.45, 2.75) is 38.3 Å². The third-order valence-corrected chi connectivity index (χ3v) is 3.77. The number of imidazole rings is 1. The van der Waals surface area contributed by atoms with Gasteiger partial charge in [-0.15, -0.1) is 0 Å². The Morgan fingerprint density at radius 3 is 2.64 bits per heavy atom. The van der Waals surface area contributed by atoms with Crippen molar-refractivity contribution in [2.24, 2.45) is 11.8 Å². The molecule has 3 nitrogen and oxygen atoms in total. The van der Waals surface area contributed by atoms with Crippen LogP contribution in [0.5, 0.6) is 0 Å². The highest BCUT2D eigenvalue weighted by atomic mass is 16.3. The van der Waals surface area contributed by atoms with Gasteiger partial charge in [-0.2, -0.15) is 0 Å². The van der Waals surface area contributed by atoms with Crippen LogP contribution < -0.4 is 0 Å². The first-order valence-electron chi connectivity index (χ1n) is 5.53. The van der Waals surface area contributed by atoms with Crippen LogP contribution in [0.25, 0.3) is 0 Å². The fourth-order valence-electron chi connectivity index (χ4n) is 3.02. The van der Waals surface area contributed by atoms with Crippen LogP contribution in [0.1, 0.15) is 37.4 Å². The first-order chi connectivity index (χ1) is 6.90. The summed E-state index contributed by atoms with van der Waals surface area (Å²) in [7, 11) is 0. The maximum absolute atomic E-state index is 8.94. The van der Waals surface area contributed by atoms with Crippen molar-refractivity contribution in [3.63, 3.8) is 0 Å². The standard InChI is InChI=1S/C11H16N2O/c14-6-8-5-13(7-12-8)11-9-3-1-2-4-10(9)11/h5,7,9-11,14H,1-4,6H2. The highest BCUT2D eigenvalue weighted by Crippen LogP contribution is 2.58. The molecule has 2 unspecified atom stereocenters. The van der Waals surface area contributed by atoms with Gasteiger partial charge in [-0.25, -0.2) is 4.98 Å². The summed E-state index contributed by atoms with van der Waals surface area (Å²) in [5.41, 5.74) is 0.800. The summed E-state index contributed by atoms with van der Waals surface area (Å²) >= 11 is 0. The Bertz CT molecular complexity index is 322. The van der Waals surface area contributed by atoms with Gasteiger partial charge in [-0.05, 0) is 24.7 Å². The largest absolute Gasteiger partial charge is 0.390 e. The van der Waals surface area contributed by atoms with E-state index in [1.165, 1.54) is 25.7 Å². The van der Waals surface area contributed by atoms with Crippen LogP contribution in [0, 0.1) is 11.8 Å². The van der Waals surface area contributed by atoms with Gasteiger partial charge in [0.15, 0.2) is 0 Å². The molecule has 1 heterocycles. The summed E-state index contributed by atoms with van der Waals surface area (Å²) in [6.07, 6.45) is 9.47. The Balaban J connectivity index is 1.77. The molecule has 2 fully saturated rings. The van der Waals surface area contributed by atoms with Crippen molar-refractivity contribution in [1.82, 2.24) is 9.55 Å². The predicted molar refractivity (Wildman–Crippen MR) is 52.6 cm³/mol. The molecule has 14 heavy (non-hydrogen) atoms. The molecule has 2 saturated carbocycles. The summed E-state index contributed by atoms with van der Waals surface area (Å²) in [4.78, 5) is 4.17. The van der Waals surface area contributed by atoms with Gasteiger partial charge < -0.3 is 9.67 Å². The SMILES string of the molecule is OCc1cn(C2C3CCCCC32)cn1. The van der Waals surface area contributed by atoms with E-state index < -0.39 is 0 Å². The second-order valence-corrected chi connectivity index (χ2v) is 4.57. The van der Waals surface area contributed by atoms with E-state index in [9.17, 15) is 0 Å². The number of nitrogens with zero attached hydrogens (tertiary/aromatic N) is 2. The summed E-state index contributed by atoms with van der Waals surface area (Å²) in [5, 5.41) is 8.94. The first kappa shape index (κ1) is 8.48. The summed E-state index contributed by atoms with van der Waals surface area (Å²) in [6, 6.07) is 0.699. The molecule has 0 aliphatic heterocycles. The minimum atomic E-state index is 0.0645. The molecule has 0 radical (unpaired) electrons. The Labute approximate surface area is 83.8 Å². The van der Waals surface area contributed by atoms with Crippen molar-refractivity contribution in [2.75, 3.05) is 0 Å². The lowest BCUT2D eigenvalue weighted by molar-refractivity contribution is 0.277. The van der Waals surface area contributed by atoms with Crippen LogP contribution in [0.3, 0.4) is 0 Å². The quantitative estimate of drug-likeness (QED) is 0.775. The summed E-state index contributed by atoms with van der Waals surface area (Å²) in [5.74, 6) is 1.81. The fourth-order valence-corrected chi connectivity index (χ4v) is 3.02. The lowest BCUT2D eigenvalue weighted by Gasteiger charge is -2.04. The molecule has 2 aliphatic carbocycles. The number of rotatable bonds is 2. The summed E-state index contributed by atoms with van der Waals surface area (Å²) < 4.78 is 2.21. The van der Waals surface area contributed by atoms with Crippen LogP contribution in [-0.4, -0.2) is 14.7 Å². The zero-order chi connectivity index (χ0) is 9.54. The van der Waals surface area contributed by atoms with Gasteiger partial charge in [0.2, 0.25) is 0 Å². The molecule has 3 heteroatoms. The van der Waals surface area contributed by atoms with Crippen LogP contribution in [0.15, 0.2) is 12.5 Å². The monoisotopic (exact) mass is 192 g/mol. The second-order valence-electron chi connectivity index (χ2n) is 4.57. The predicted octanol–water partition coefficient (Wildman–Crippen LogP) is 1.74. The molecule has 1 aromatic rings. The Kier molecular flexibility index (Phi) is 1.87. The Hall–Kier alpha value is -0.830. The number of aliphatic hydroxyl groups excluding tert-OH is 1. The third kappa shape index (κ3) is 1.19. The first-order valence-corrected chi connectivity index (χ1v) is 5.53. The lowest BCUT2D eigenvalue weighted by Crippen LogP contribution is -1.92. The zero-order valence-corrected chi connectivity index (χ0v) is 8.26. The molecular weight excluding hydrogens is 176 g/mol. The smallest absolute Gasteiger partial charge is 0.0953 e. The van der Waals surface area contributed by atoms with E-state index in [0.29, 0.717) is 6.04 Å². The maximum Gasteiger partial charge on any atom is 0.0953 e. The van der Waals surface area contributed by atoms with Crippen LogP contribution in [-0.2, 0) is 6.61 Å². The topological polar surface area (TPSA) is 38.0 Å². The second kappa shape index (κ2) is 3.09. The number of aliphatic hydroxyl groups is 1. The molecule has 0 saturated heterocycles. The summed E-state index contributed by atoms with van der Waals surface area (Å²) in [6.45, 7) is 0.0645. The molecular formula is C11H16N2O. The molecule has 0 amide bonds. The van der Waals surface area contributed by atoms with Crippen LogP contribution in [0.4, 0.5) is 0 Å². The van der Waals surface area contributed by atoms with Gasteiger partial charge in [0, 0.05) is 12.2 Å². The average Bonchev–Trinajstić information content (AvgIpc) is 2.77. The van der Waals surface area contributed by atoms with E-state index in [4.69, 9.17) is 5.11 Å². The zero-order valence-electron chi connectivity index (χ0n) is 8.26. The van der Waals surface area contributed by atoms with Gasteiger partial charge in [-0.3, -0.25) is 0 Å². The van der Waals surface area contributed by atoms with Crippen LogP contribution >= 0.6 is 0 Å². The molecule has 3 rings (SSSR count). The van der Waals surface area contributed by atoms with Crippen molar-refractivity contribution in [3.05, 3.63) is 18.2 Å². The molecule has 0 spiro atoms. The van der Waals surface area contributed by atoms with Gasteiger partial charge in [0.1, 0.15) is 0 Å². The van der Waals surface area contributed by atoms with E-state index in [1.807, 2.05) is 12.5 Å². The Morgan fingerprint density at radius 1 is 1.36 bits per heavy atom. The third-order valence-electron chi connectivity index (χ3n) is 3.77. The van der Waals surface area contributed by atoms with E-state index in [-0.39, 0.29) is 6.61 Å². The van der Waals surface area contributed by atoms with Crippen molar-refractivity contribution < 1.29 is 5.11 Å². The average molecular weight is 192 g/mol.